The van der Waals surface area contributed by atoms with Gasteiger partial charge in [0.15, 0.2) is 5.65 Å². The number of hydrogen-bond acceptors (Lipinski definition) is 3. The van der Waals surface area contributed by atoms with E-state index < -0.39 is 0 Å². The van der Waals surface area contributed by atoms with Crippen molar-refractivity contribution >= 4 is 16.8 Å². The first-order valence-corrected chi connectivity index (χ1v) is 3.98. The minimum absolute atomic E-state index is 0.686. The van der Waals surface area contributed by atoms with Crippen molar-refractivity contribution in [3.8, 4) is 0 Å². The van der Waals surface area contributed by atoms with Crippen LogP contribution in [-0.4, -0.2) is 19.4 Å². The summed E-state index contributed by atoms with van der Waals surface area (Å²) in [5.41, 5.74) is 0.737. The van der Waals surface area contributed by atoms with E-state index in [4.69, 9.17) is 0 Å². The summed E-state index contributed by atoms with van der Waals surface area (Å²) in [6.07, 6.45) is 7.29. The first-order chi connectivity index (χ1) is 6.43. The van der Waals surface area contributed by atoms with Crippen LogP contribution in [0.15, 0.2) is 36.9 Å². The molecule has 0 spiro atoms. The van der Waals surface area contributed by atoms with Gasteiger partial charge in [-0.05, 0) is 12.1 Å². The smallest absolute Gasteiger partial charge is 0.235 e. The number of pyridine rings is 1. The van der Waals surface area contributed by atoms with Crippen molar-refractivity contribution < 1.29 is 0 Å². The topological polar surface area (TPSA) is 43.1 Å². The maximum absolute atomic E-state index is 4.28. The Morgan fingerprint density at radius 3 is 3.15 bits per heavy atom. The van der Waals surface area contributed by atoms with E-state index in [1.165, 1.54) is 0 Å². The monoisotopic (exact) mass is 170 g/mol. The zero-order chi connectivity index (χ0) is 8.67. The SMILES string of the molecule is c1cnc2nc3nccn3cc2c1. The molecule has 3 aromatic rings. The first kappa shape index (κ1) is 6.54. The third-order valence-electron chi connectivity index (χ3n) is 1.95. The predicted octanol–water partition coefficient (Wildman–Crippen LogP) is 1.28. The Labute approximate surface area is 73.9 Å². The highest BCUT2D eigenvalue weighted by molar-refractivity contribution is 5.74. The van der Waals surface area contributed by atoms with Crippen LogP contribution < -0.4 is 0 Å². The number of nitrogens with zero attached hydrogens (tertiary/aromatic N) is 4. The summed E-state index contributed by atoms with van der Waals surface area (Å²) in [6.45, 7) is 0. The summed E-state index contributed by atoms with van der Waals surface area (Å²) < 4.78 is 1.88. The zero-order valence-corrected chi connectivity index (χ0v) is 6.75. The van der Waals surface area contributed by atoms with Gasteiger partial charge in [-0.3, -0.25) is 4.40 Å². The molecular weight excluding hydrogens is 164 g/mol. The molecule has 0 fully saturated rings. The molecule has 0 bridgehead atoms. The lowest BCUT2D eigenvalue weighted by molar-refractivity contribution is 1.13. The molecule has 0 aliphatic heterocycles. The summed E-state index contributed by atoms with van der Waals surface area (Å²) >= 11 is 0. The molecule has 0 atom stereocenters. The van der Waals surface area contributed by atoms with Gasteiger partial charge >= 0.3 is 0 Å². The van der Waals surface area contributed by atoms with Gasteiger partial charge in [-0.15, -0.1) is 0 Å². The van der Waals surface area contributed by atoms with Crippen molar-refractivity contribution in [2.24, 2.45) is 0 Å². The summed E-state index contributed by atoms with van der Waals surface area (Å²) in [7, 11) is 0. The second-order valence-corrected chi connectivity index (χ2v) is 2.79. The van der Waals surface area contributed by atoms with E-state index in [9.17, 15) is 0 Å². The summed E-state index contributed by atoms with van der Waals surface area (Å²) in [5, 5.41) is 1.02. The quantitative estimate of drug-likeness (QED) is 0.510. The fraction of sp³-hybridized carbons (Fsp3) is 0. The first-order valence-electron chi connectivity index (χ1n) is 3.98. The van der Waals surface area contributed by atoms with Gasteiger partial charge < -0.3 is 0 Å². The van der Waals surface area contributed by atoms with Gasteiger partial charge in [-0.2, -0.15) is 4.98 Å². The summed E-state index contributed by atoms with van der Waals surface area (Å²) in [4.78, 5) is 12.5. The highest BCUT2D eigenvalue weighted by atomic mass is 15.1. The number of aromatic nitrogens is 4. The van der Waals surface area contributed by atoms with Crippen molar-refractivity contribution in [2.45, 2.75) is 0 Å². The van der Waals surface area contributed by atoms with Gasteiger partial charge in [0.1, 0.15) is 0 Å². The average Bonchev–Trinajstić information content (AvgIpc) is 2.61. The van der Waals surface area contributed by atoms with Crippen LogP contribution in [0.4, 0.5) is 0 Å². The van der Waals surface area contributed by atoms with Crippen LogP contribution in [0.1, 0.15) is 0 Å². The second-order valence-electron chi connectivity index (χ2n) is 2.79. The van der Waals surface area contributed by atoms with Crippen LogP contribution in [-0.2, 0) is 0 Å². The summed E-state index contributed by atoms with van der Waals surface area (Å²) in [5.74, 6) is 0.686. The molecule has 4 heteroatoms. The predicted molar refractivity (Wildman–Crippen MR) is 48.3 cm³/mol. The Balaban J connectivity index is 2.57. The van der Waals surface area contributed by atoms with Crippen LogP contribution in [0, 0.1) is 0 Å². The van der Waals surface area contributed by atoms with Crippen molar-refractivity contribution in [1.29, 1.82) is 0 Å². The number of imidazole rings is 1. The van der Waals surface area contributed by atoms with Gasteiger partial charge in [0.05, 0.1) is 0 Å². The molecule has 0 aromatic carbocycles. The molecular formula is C9H6N4. The second kappa shape index (κ2) is 2.26. The third-order valence-corrected chi connectivity index (χ3v) is 1.95. The highest BCUT2D eigenvalue weighted by Gasteiger charge is 1.98. The van der Waals surface area contributed by atoms with Crippen LogP contribution in [0.2, 0.25) is 0 Å². The Bertz CT molecular complexity index is 520. The minimum Gasteiger partial charge on any atom is -0.290 e. The molecule has 0 amide bonds. The fourth-order valence-corrected chi connectivity index (χ4v) is 1.34. The van der Waals surface area contributed by atoms with Crippen molar-refractivity contribution in [3.63, 3.8) is 0 Å². The van der Waals surface area contributed by atoms with E-state index in [-0.39, 0.29) is 0 Å². The lowest BCUT2D eigenvalue weighted by atomic mass is 10.3. The van der Waals surface area contributed by atoms with Gasteiger partial charge in [-0.25, -0.2) is 9.97 Å². The lowest BCUT2D eigenvalue weighted by Gasteiger charge is -1.96. The lowest BCUT2D eigenvalue weighted by Crippen LogP contribution is -1.90. The zero-order valence-electron chi connectivity index (χ0n) is 6.75. The van der Waals surface area contributed by atoms with Gasteiger partial charge in [0.25, 0.3) is 0 Å². The van der Waals surface area contributed by atoms with Crippen molar-refractivity contribution in [1.82, 2.24) is 19.4 Å². The van der Waals surface area contributed by atoms with Crippen molar-refractivity contribution in [3.05, 3.63) is 36.9 Å². The molecule has 0 radical (unpaired) electrons. The van der Waals surface area contributed by atoms with Crippen LogP contribution in [0.3, 0.4) is 0 Å². The van der Waals surface area contributed by atoms with E-state index in [1.54, 1.807) is 12.4 Å². The molecule has 0 saturated carbocycles. The Morgan fingerprint density at radius 2 is 2.15 bits per heavy atom. The van der Waals surface area contributed by atoms with E-state index in [0.29, 0.717) is 5.78 Å². The van der Waals surface area contributed by atoms with E-state index >= 15 is 0 Å². The van der Waals surface area contributed by atoms with Crippen LogP contribution in [0.5, 0.6) is 0 Å². The van der Waals surface area contributed by atoms with E-state index in [0.717, 1.165) is 11.0 Å². The average molecular weight is 170 g/mol. The highest BCUT2D eigenvalue weighted by Crippen LogP contribution is 2.08. The molecule has 0 unspecified atom stereocenters. The van der Waals surface area contributed by atoms with Crippen molar-refractivity contribution in [2.75, 3.05) is 0 Å². The molecule has 0 aliphatic rings. The van der Waals surface area contributed by atoms with Gasteiger partial charge in [0.2, 0.25) is 5.78 Å². The molecule has 4 nitrogen and oxygen atoms in total. The molecule has 0 aliphatic carbocycles. The standard InChI is InChI=1S/C9H6N4/c1-2-7-6-13-5-4-11-9(13)12-8(7)10-3-1/h1-6H. The normalized spacial score (nSPS) is 11.1. The third kappa shape index (κ3) is 0.885. The largest absolute Gasteiger partial charge is 0.290 e. The molecule has 3 heterocycles. The molecule has 0 saturated heterocycles. The summed E-state index contributed by atoms with van der Waals surface area (Å²) in [6, 6.07) is 3.88. The molecule has 3 aromatic heterocycles. The van der Waals surface area contributed by atoms with Gasteiger partial charge in [0, 0.05) is 30.2 Å². The maximum atomic E-state index is 4.28. The van der Waals surface area contributed by atoms with Crippen LogP contribution in [0.25, 0.3) is 16.8 Å². The molecule has 3 rings (SSSR count). The molecule has 13 heavy (non-hydrogen) atoms. The maximum Gasteiger partial charge on any atom is 0.235 e. The van der Waals surface area contributed by atoms with E-state index in [2.05, 4.69) is 15.0 Å². The van der Waals surface area contributed by atoms with E-state index in [1.807, 2.05) is 28.9 Å². The number of rotatable bonds is 0. The number of fused-ring (bicyclic) bond motifs is 2. The Morgan fingerprint density at radius 1 is 1.15 bits per heavy atom. The Kier molecular flexibility index (Phi) is 1.14. The number of hydrogen-bond donors (Lipinski definition) is 0. The minimum atomic E-state index is 0.686. The Hall–Kier alpha value is -1.97. The molecule has 0 N–H and O–H groups in total. The van der Waals surface area contributed by atoms with Crippen LogP contribution >= 0.6 is 0 Å². The van der Waals surface area contributed by atoms with Gasteiger partial charge in [-0.1, -0.05) is 0 Å². The fourth-order valence-electron chi connectivity index (χ4n) is 1.34. The molecule has 62 valence electrons.